The second-order valence-electron chi connectivity index (χ2n) is 5.60. The first kappa shape index (κ1) is 18.6. The van der Waals surface area contributed by atoms with Gasteiger partial charge in [-0.2, -0.15) is 4.31 Å². The van der Waals surface area contributed by atoms with Gasteiger partial charge in [-0.15, -0.1) is 0 Å². The maximum Gasteiger partial charge on any atom is 0.235 e. The molecule has 1 aromatic carbocycles. The molecule has 0 aliphatic rings. The van der Waals surface area contributed by atoms with Crippen LogP contribution in [-0.2, 0) is 21.4 Å². The molecule has 0 spiro atoms. The molecule has 1 rings (SSSR count). The molecule has 22 heavy (non-hydrogen) atoms. The summed E-state index contributed by atoms with van der Waals surface area (Å²) in [6, 6.07) is 7.76. The zero-order valence-electron chi connectivity index (χ0n) is 13.7. The SMILES string of the molecule is Cc1ccccc1CNC(=O)CN(CCN(C)C)S(C)(=O)=O. The van der Waals surface area contributed by atoms with Crippen LogP contribution in [0.25, 0.3) is 0 Å². The summed E-state index contributed by atoms with van der Waals surface area (Å²) in [5.41, 5.74) is 2.12. The zero-order valence-corrected chi connectivity index (χ0v) is 14.5. The molecule has 0 saturated heterocycles. The lowest BCUT2D eigenvalue weighted by Crippen LogP contribution is -2.42. The van der Waals surface area contributed by atoms with E-state index < -0.39 is 10.0 Å². The molecule has 0 saturated carbocycles. The van der Waals surface area contributed by atoms with Gasteiger partial charge < -0.3 is 10.2 Å². The Morgan fingerprint density at radius 1 is 1.18 bits per heavy atom. The first-order valence-electron chi connectivity index (χ1n) is 7.11. The molecule has 0 radical (unpaired) electrons. The highest BCUT2D eigenvalue weighted by molar-refractivity contribution is 7.88. The van der Waals surface area contributed by atoms with Gasteiger partial charge in [0.1, 0.15) is 0 Å². The minimum Gasteiger partial charge on any atom is -0.351 e. The van der Waals surface area contributed by atoms with Gasteiger partial charge in [-0.1, -0.05) is 24.3 Å². The Morgan fingerprint density at radius 2 is 1.82 bits per heavy atom. The summed E-state index contributed by atoms with van der Waals surface area (Å²) in [6.45, 7) is 3.08. The number of amides is 1. The fraction of sp³-hybridized carbons (Fsp3) is 0.533. The van der Waals surface area contributed by atoms with Crippen molar-refractivity contribution in [2.75, 3.05) is 40.0 Å². The number of hydrogen-bond acceptors (Lipinski definition) is 4. The van der Waals surface area contributed by atoms with E-state index in [9.17, 15) is 13.2 Å². The van der Waals surface area contributed by atoms with Crippen LogP contribution in [0.5, 0.6) is 0 Å². The minimum atomic E-state index is -3.40. The average Bonchev–Trinajstić information content (AvgIpc) is 2.41. The first-order chi connectivity index (χ1) is 10.2. The molecule has 1 aromatic rings. The Balaban J connectivity index is 2.58. The standard InChI is InChI=1S/C15H25N3O3S/c1-13-7-5-6-8-14(13)11-16-15(19)12-18(22(4,20)21)10-9-17(2)3/h5-8H,9-12H2,1-4H3,(H,16,19). The van der Waals surface area contributed by atoms with Crippen LogP contribution in [0.1, 0.15) is 11.1 Å². The first-order valence-corrected chi connectivity index (χ1v) is 8.96. The zero-order chi connectivity index (χ0) is 16.8. The van der Waals surface area contributed by atoms with E-state index in [4.69, 9.17) is 0 Å². The molecule has 1 amide bonds. The van der Waals surface area contributed by atoms with E-state index in [-0.39, 0.29) is 12.5 Å². The van der Waals surface area contributed by atoms with E-state index in [0.29, 0.717) is 19.6 Å². The Labute approximate surface area is 133 Å². The molecular weight excluding hydrogens is 302 g/mol. The average molecular weight is 327 g/mol. The third-order valence-corrected chi connectivity index (χ3v) is 4.57. The molecule has 7 heteroatoms. The Kier molecular flexibility index (Phi) is 6.99. The van der Waals surface area contributed by atoms with Gasteiger partial charge in [0.2, 0.25) is 15.9 Å². The van der Waals surface area contributed by atoms with Gasteiger partial charge in [-0.25, -0.2) is 8.42 Å². The summed E-state index contributed by atoms with van der Waals surface area (Å²) in [4.78, 5) is 13.9. The van der Waals surface area contributed by atoms with Crippen LogP contribution in [0.4, 0.5) is 0 Å². The predicted octanol–water partition coefficient (Wildman–Crippen LogP) is 0.434. The number of nitrogens with one attached hydrogen (secondary N) is 1. The van der Waals surface area contributed by atoms with Crippen LogP contribution in [0.3, 0.4) is 0 Å². The number of sulfonamides is 1. The summed E-state index contributed by atoms with van der Waals surface area (Å²) in [5, 5.41) is 2.77. The van der Waals surface area contributed by atoms with E-state index in [1.807, 2.05) is 50.2 Å². The number of aryl methyl sites for hydroxylation is 1. The van der Waals surface area contributed by atoms with Crippen LogP contribution < -0.4 is 5.32 Å². The number of carbonyl (C=O) groups excluding carboxylic acids is 1. The summed E-state index contributed by atoms with van der Waals surface area (Å²) in [7, 11) is 0.319. The van der Waals surface area contributed by atoms with E-state index in [0.717, 1.165) is 17.4 Å². The smallest absolute Gasteiger partial charge is 0.235 e. The minimum absolute atomic E-state index is 0.154. The number of hydrogen-bond donors (Lipinski definition) is 1. The van der Waals surface area contributed by atoms with Gasteiger partial charge in [-0.3, -0.25) is 4.79 Å². The quantitative estimate of drug-likeness (QED) is 0.752. The molecule has 0 aromatic heterocycles. The number of nitrogens with zero attached hydrogens (tertiary/aromatic N) is 2. The molecule has 124 valence electrons. The second kappa shape index (κ2) is 8.26. The topological polar surface area (TPSA) is 69.7 Å². The summed E-state index contributed by atoms with van der Waals surface area (Å²) in [5.74, 6) is -0.299. The lowest BCUT2D eigenvalue weighted by atomic mass is 10.1. The van der Waals surface area contributed by atoms with Crippen LogP contribution in [0, 0.1) is 6.92 Å². The van der Waals surface area contributed by atoms with E-state index >= 15 is 0 Å². The molecular formula is C15H25N3O3S. The van der Waals surface area contributed by atoms with Crippen molar-refractivity contribution in [2.24, 2.45) is 0 Å². The third-order valence-electron chi connectivity index (χ3n) is 3.32. The maximum atomic E-state index is 12.0. The molecule has 0 unspecified atom stereocenters. The van der Waals surface area contributed by atoms with Crippen molar-refractivity contribution in [3.05, 3.63) is 35.4 Å². The lowest BCUT2D eigenvalue weighted by Gasteiger charge is -2.21. The van der Waals surface area contributed by atoms with Crippen molar-refractivity contribution < 1.29 is 13.2 Å². The molecule has 1 N–H and O–H groups in total. The molecule has 6 nitrogen and oxygen atoms in total. The highest BCUT2D eigenvalue weighted by Crippen LogP contribution is 2.06. The van der Waals surface area contributed by atoms with Crippen molar-refractivity contribution in [3.8, 4) is 0 Å². The fourth-order valence-electron chi connectivity index (χ4n) is 1.89. The van der Waals surface area contributed by atoms with Crippen molar-refractivity contribution in [1.82, 2.24) is 14.5 Å². The number of likely N-dealkylation sites (N-methyl/N-ethyl adjacent to an activating group) is 1. The van der Waals surface area contributed by atoms with Crippen molar-refractivity contribution >= 4 is 15.9 Å². The highest BCUT2D eigenvalue weighted by atomic mass is 32.2. The predicted molar refractivity (Wildman–Crippen MR) is 88.0 cm³/mol. The molecule has 0 aliphatic heterocycles. The Hall–Kier alpha value is -1.44. The van der Waals surface area contributed by atoms with Gasteiger partial charge in [0, 0.05) is 19.6 Å². The summed E-state index contributed by atoms with van der Waals surface area (Å²) >= 11 is 0. The molecule has 0 fully saturated rings. The Bertz CT molecular complexity index is 600. The van der Waals surface area contributed by atoms with Gasteiger partial charge in [-0.05, 0) is 32.1 Å². The summed E-state index contributed by atoms with van der Waals surface area (Å²) < 4.78 is 24.7. The van der Waals surface area contributed by atoms with Crippen molar-refractivity contribution in [2.45, 2.75) is 13.5 Å². The molecule has 0 bridgehead atoms. The van der Waals surface area contributed by atoms with Gasteiger partial charge in [0.25, 0.3) is 0 Å². The molecule has 0 heterocycles. The van der Waals surface area contributed by atoms with Crippen LogP contribution in [-0.4, -0.2) is 63.5 Å². The number of benzene rings is 1. The van der Waals surface area contributed by atoms with Crippen molar-refractivity contribution in [3.63, 3.8) is 0 Å². The molecule has 0 aliphatic carbocycles. The summed E-state index contributed by atoms with van der Waals surface area (Å²) in [6.07, 6.45) is 1.12. The van der Waals surface area contributed by atoms with E-state index in [1.54, 1.807) is 0 Å². The largest absolute Gasteiger partial charge is 0.351 e. The van der Waals surface area contributed by atoms with Gasteiger partial charge in [0.05, 0.1) is 12.8 Å². The second-order valence-corrected chi connectivity index (χ2v) is 7.59. The van der Waals surface area contributed by atoms with E-state index in [1.165, 1.54) is 4.31 Å². The van der Waals surface area contributed by atoms with Gasteiger partial charge in [0.15, 0.2) is 0 Å². The maximum absolute atomic E-state index is 12.0. The highest BCUT2D eigenvalue weighted by Gasteiger charge is 2.19. The monoisotopic (exact) mass is 327 g/mol. The number of carbonyl (C=O) groups is 1. The third kappa shape index (κ3) is 6.55. The fourth-order valence-corrected chi connectivity index (χ4v) is 2.66. The lowest BCUT2D eigenvalue weighted by molar-refractivity contribution is -0.121. The van der Waals surface area contributed by atoms with E-state index in [2.05, 4.69) is 5.32 Å². The Morgan fingerprint density at radius 3 is 2.36 bits per heavy atom. The normalized spacial score (nSPS) is 11.9. The van der Waals surface area contributed by atoms with Gasteiger partial charge >= 0.3 is 0 Å². The number of rotatable bonds is 8. The molecule has 0 atom stereocenters. The van der Waals surface area contributed by atoms with Crippen LogP contribution >= 0.6 is 0 Å². The van der Waals surface area contributed by atoms with Crippen LogP contribution in [0.2, 0.25) is 0 Å². The van der Waals surface area contributed by atoms with Crippen LogP contribution in [0.15, 0.2) is 24.3 Å². The van der Waals surface area contributed by atoms with Crippen molar-refractivity contribution in [1.29, 1.82) is 0 Å².